The first kappa shape index (κ1) is 31.2. The van der Waals surface area contributed by atoms with Crippen LogP contribution in [0.15, 0.2) is 0 Å². The van der Waals surface area contributed by atoms with Gasteiger partial charge in [-0.25, -0.2) is 0 Å². The molecular formula is C35H68. The maximum Gasteiger partial charge on any atom is -0.0355 e. The second-order valence-corrected chi connectivity index (χ2v) is 17.7. The Morgan fingerprint density at radius 3 is 0.971 bits per heavy atom. The molecule has 4 aliphatic rings. The molecule has 0 heterocycles. The van der Waals surface area contributed by atoms with Crippen molar-refractivity contribution in [3.8, 4) is 0 Å². The Labute approximate surface area is 223 Å². The van der Waals surface area contributed by atoms with Crippen molar-refractivity contribution in [3.05, 3.63) is 0 Å². The number of rotatable bonds is 2. The van der Waals surface area contributed by atoms with Crippen molar-refractivity contribution in [1.29, 1.82) is 0 Å². The van der Waals surface area contributed by atoms with Crippen LogP contribution in [-0.4, -0.2) is 0 Å². The fraction of sp³-hybridized carbons (Fsp3) is 1.00. The molecule has 0 heteroatoms. The van der Waals surface area contributed by atoms with Crippen LogP contribution in [0, 0.1) is 63.6 Å². The van der Waals surface area contributed by atoms with Crippen LogP contribution in [0.5, 0.6) is 0 Å². The van der Waals surface area contributed by atoms with Gasteiger partial charge < -0.3 is 0 Å². The van der Waals surface area contributed by atoms with Crippen molar-refractivity contribution < 1.29 is 0 Å². The van der Waals surface area contributed by atoms with E-state index in [2.05, 4.69) is 83.1 Å². The standard InChI is InChI=1S/2C15H28.C5H12/c2*1-11-9-12(10-15(2,3)4)14-8-6-5-7-13(11)14;1-5(2,3)4/h2*11-14H,5-10H2,1-4H3;1-4H3. The second kappa shape index (κ2) is 12.7. The van der Waals surface area contributed by atoms with Gasteiger partial charge in [0.1, 0.15) is 0 Å². The maximum absolute atomic E-state index is 2.51. The van der Waals surface area contributed by atoms with Gasteiger partial charge in [0, 0.05) is 0 Å². The van der Waals surface area contributed by atoms with Gasteiger partial charge in [-0.2, -0.15) is 0 Å². The van der Waals surface area contributed by atoms with Gasteiger partial charge >= 0.3 is 0 Å². The Hall–Kier alpha value is 0. The molecule has 0 aliphatic heterocycles. The van der Waals surface area contributed by atoms with E-state index in [1.54, 1.807) is 0 Å². The van der Waals surface area contributed by atoms with Gasteiger partial charge in [-0.15, -0.1) is 0 Å². The van der Waals surface area contributed by atoms with E-state index in [9.17, 15) is 0 Å². The molecule has 0 bridgehead atoms. The van der Waals surface area contributed by atoms with E-state index in [4.69, 9.17) is 0 Å². The van der Waals surface area contributed by atoms with Gasteiger partial charge in [0.2, 0.25) is 0 Å². The van der Waals surface area contributed by atoms with Crippen molar-refractivity contribution in [2.24, 2.45) is 63.6 Å². The third kappa shape index (κ3) is 11.1. The first-order chi connectivity index (χ1) is 15.9. The van der Waals surface area contributed by atoms with Crippen LogP contribution < -0.4 is 0 Å². The minimum Gasteiger partial charge on any atom is -0.0622 e. The van der Waals surface area contributed by atoms with E-state index < -0.39 is 0 Å². The van der Waals surface area contributed by atoms with Crippen molar-refractivity contribution in [2.45, 2.75) is 160 Å². The third-order valence-electron chi connectivity index (χ3n) is 9.52. The summed E-state index contributed by atoms with van der Waals surface area (Å²) in [5.41, 5.74) is 1.58. The van der Waals surface area contributed by atoms with E-state index in [-0.39, 0.29) is 0 Å². The monoisotopic (exact) mass is 489 g/mol. The van der Waals surface area contributed by atoms with Gasteiger partial charge in [-0.1, -0.05) is 109 Å². The molecule has 0 amide bonds. The Morgan fingerprint density at radius 1 is 0.457 bits per heavy atom. The van der Waals surface area contributed by atoms with Crippen molar-refractivity contribution in [3.63, 3.8) is 0 Å². The van der Waals surface area contributed by atoms with Crippen LogP contribution in [0.25, 0.3) is 0 Å². The summed E-state index contributed by atoms with van der Waals surface area (Å²) in [5.74, 6) is 8.49. The minimum atomic E-state index is 0.500. The van der Waals surface area contributed by atoms with Gasteiger partial charge in [0.25, 0.3) is 0 Å². The molecule has 0 N–H and O–H groups in total. The Morgan fingerprint density at radius 2 is 0.714 bits per heavy atom. The van der Waals surface area contributed by atoms with Gasteiger partial charge in [-0.3, -0.25) is 0 Å². The highest BCUT2D eigenvalue weighted by Gasteiger charge is 2.43. The van der Waals surface area contributed by atoms with Gasteiger partial charge in [0.15, 0.2) is 0 Å². The SMILES string of the molecule is CC(C)(C)C.CC1CC(CC(C)(C)C)C2CCCCC12.CC1CC(CC(C)(C)C)C2CCCCC12. The highest BCUT2D eigenvalue weighted by Crippen LogP contribution is 2.53. The molecule has 4 saturated carbocycles. The van der Waals surface area contributed by atoms with Gasteiger partial charge in [-0.05, 0) is 115 Å². The average molecular weight is 489 g/mol. The van der Waals surface area contributed by atoms with E-state index in [0.717, 1.165) is 47.3 Å². The molecule has 0 aromatic rings. The molecule has 208 valence electrons. The Balaban J connectivity index is 0.000000208. The predicted octanol–water partition coefficient (Wildman–Crippen LogP) is 11.8. The summed E-state index contributed by atoms with van der Waals surface area (Å²) >= 11 is 0. The molecule has 0 aromatic heterocycles. The zero-order valence-corrected chi connectivity index (χ0v) is 26.6. The zero-order valence-electron chi connectivity index (χ0n) is 26.6. The smallest absolute Gasteiger partial charge is 0.0355 e. The summed E-state index contributed by atoms with van der Waals surface area (Å²) < 4.78 is 0. The lowest BCUT2D eigenvalue weighted by Crippen LogP contribution is -2.23. The fourth-order valence-electron chi connectivity index (χ4n) is 8.66. The van der Waals surface area contributed by atoms with E-state index >= 15 is 0 Å². The molecule has 0 aromatic carbocycles. The van der Waals surface area contributed by atoms with Crippen LogP contribution in [0.2, 0.25) is 0 Å². The van der Waals surface area contributed by atoms with Gasteiger partial charge in [0.05, 0.1) is 0 Å². The topological polar surface area (TPSA) is 0 Å². The number of fused-ring (bicyclic) bond motifs is 2. The largest absolute Gasteiger partial charge is 0.0622 e. The zero-order chi connectivity index (χ0) is 26.6. The molecule has 8 unspecified atom stereocenters. The molecule has 4 rings (SSSR count). The lowest BCUT2D eigenvalue weighted by molar-refractivity contribution is 0.174. The Bertz CT molecular complexity index is 539. The first-order valence-electron chi connectivity index (χ1n) is 15.9. The third-order valence-corrected chi connectivity index (χ3v) is 9.52. The molecule has 0 radical (unpaired) electrons. The predicted molar refractivity (Wildman–Crippen MR) is 159 cm³/mol. The van der Waals surface area contributed by atoms with E-state index in [0.29, 0.717) is 16.2 Å². The summed E-state index contributed by atoms with van der Waals surface area (Å²) in [4.78, 5) is 0. The maximum atomic E-state index is 2.51. The van der Waals surface area contributed by atoms with E-state index in [1.807, 2.05) is 0 Å². The molecule has 0 saturated heterocycles. The fourth-order valence-corrected chi connectivity index (χ4v) is 8.66. The summed E-state index contributed by atoms with van der Waals surface area (Å²) in [6, 6.07) is 0. The first-order valence-corrected chi connectivity index (χ1v) is 15.9. The summed E-state index contributed by atoms with van der Waals surface area (Å²) in [7, 11) is 0. The molecule has 8 atom stereocenters. The van der Waals surface area contributed by atoms with Crippen LogP contribution in [-0.2, 0) is 0 Å². The summed E-state index contributed by atoms with van der Waals surface area (Å²) in [5, 5.41) is 0. The molecule has 4 fully saturated rings. The lowest BCUT2D eigenvalue weighted by atomic mass is 9.73. The van der Waals surface area contributed by atoms with Crippen molar-refractivity contribution >= 4 is 0 Å². The summed E-state index contributed by atoms with van der Waals surface area (Å²) in [6.45, 7) is 28.2. The second-order valence-electron chi connectivity index (χ2n) is 17.7. The van der Waals surface area contributed by atoms with Crippen LogP contribution in [0.1, 0.15) is 160 Å². The van der Waals surface area contributed by atoms with Crippen LogP contribution in [0.4, 0.5) is 0 Å². The van der Waals surface area contributed by atoms with Crippen LogP contribution in [0.3, 0.4) is 0 Å². The van der Waals surface area contributed by atoms with Crippen molar-refractivity contribution in [2.75, 3.05) is 0 Å². The lowest BCUT2D eigenvalue weighted by Gasteiger charge is -2.33. The minimum absolute atomic E-state index is 0.500. The summed E-state index contributed by atoms with van der Waals surface area (Å²) in [6.07, 6.45) is 18.1. The normalized spacial score (nSPS) is 37.4. The molecule has 0 nitrogen and oxygen atoms in total. The quantitative estimate of drug-likeness (QED) is 0.362. The number of hydrogen-bond acceptors (Lipinski definition) is 0. The molecule has 4 aliphatic carbocycles. The van der Waals surface area contributed by atoms with Crippen molar-refractivity contribution in [1.82, 2.24) is 0 Å². The highest BCUT2D eigenvalue weighted by molar-refractivity contribution is 4.93. The van der Waals surface area contributed by atoms with E-state index in [1.165, 1.54) is 77.0 Å². The van der Waals surface area contributed by atoms with Crippen LogP contribution >= 0.6 is 0 Å². The highest BCUT2D eigenvalue weighted by atomic mass is 14.5. The molecule has 35 heavy (non-hydrogen) atoms. The number of hydrogen-bond donors (Lipinski definition) is 0. The Kier molecular flexibility index (Phi) is 11.3. The molecule has 0 spiro atoms. The molecular weight excluding hydrogens is 420 g/mol. The average Bonchev–Trinajstić information content (AvgIpc) is 3.16.